The summed E-state index contributed by atoms with van der Waals surface area (Å²) in [5, 5.41) is 18.1. The molecule has 0 aliphatic rings. The second-order valence-corrected chi connectivity index (χ2v) is 7.99. The molecule has 5 rings (SSSR count). The number of aromatic nitrogens is 3. The van der Waals surface area contributed by atoms with E-state index >= 15 is 0 Å². The number of hydrogen-bond donors (Lipinski definition) is 2. The summed E-state index contributed by atoms with van der Waals surface area (Å²) < 4.78 is 16.9. The minimum atomic E-state index is 0.586. The lowest BCUT2D eigenvalue weighted by Gasteiger charge is -2.07. The maximum absolute atomic E-state index is 9.11. The SMILES string of the molecule is O[B]Oc1ccccc1C[n+]1ccc(-n2c[n+](Cc3ccccc3O[B]O)c3ccccc32)cc1. The van der Waals surface area contributed by atoms with Crippen LogP contribution in [0.2, 0.25) is 0 Å². The monoisotopic (exact) mass is 463 g/mol. The molecule has 2 N–H and O–H groups in total. The third kappa shape index (κ3) is 4.91. The Labute approximate surface area is 204 Å². The number of fused-ring (bicyclic) bond motifs is 1. The summed E-state index contributed by atoms with van der Waals surface area (Å²) in [6.45, 7) is 1.19. The average Bonchev–Trinajstić information content (AvgIpc) is 3.26. The van der Waals surface area contributed by atoms with Crippen molar-refractivity contribution in [2.75, 3.05) is 0 Å². The Balaban J connectivity index is 1.45. The first-order valence-corrected chi connectivity index (χ1v) is 11.2. The van der Waals surface area contributed by atoms with Gasteiger partial charge in [0.05, 0.1) is 5.56 Å². The van der Waals surface area contributed by atoms with Crippen LogP contribution in [0.1, 0.15) is 11.1 Å². The van der Waals surface area contributed by atoms with E-state index in [2.05, 4.69) is 44.3 Å². The van der Waals surface area contributed by atoms with Crippen molar-refractivity contribution in [2.24, 2.45) is 0 Å². The van der Waals surface area contributed by atoms with Gasteiger partial charge in [-0.15, -0.1) is 0 Å². The normalized spacial score (nSPS) is 10.8. The Hall–Kier alpha value is -4.07. The van der Waals surface area contributed by atoms with Crippen molar-refractivity contribution in [3.63, 3.8) is 0 Å². The van der Waals surface area contributed by atoms with Crippen LogP contribution in [0.5, 0.6) is 11.5 Å². The lowest BCUT2D eigenvalue weighted by atomic mass is 10.2. The molecular formula is C26H23B2N3O4+2. The van der Waals surface area contributed by atoms with Crippen LogP contribution in [-0.2, 0) is 13.1 Å². The minimum absolute atomic E-state index is 0.586. The summed E-state index contributed by atoms with van der Waals surface area (Å²) in [4.78, 5) is 0. The number of benzene rings is 3. The second kappa shape index (κ2) is 10.5. The van der Waals surface area contributed by atoms with Crippen LogP contribution >= 0.6 is 0 Å². The van der Waals surface area contributed by atoms with Crippen molar-refractivity contribution in [1.82, 2.24) is 4.57 Å². The lowest BCUT2D eigenvalue weighted by Crippen LogP contribution is -2.34. The van der Waals surface area contributed by atoms with E-state index in [9.17, 15) is 0 Å². The zero-order valence-electron chi connectivity index (χ0n) is 18.9. The van der Waals surface area contributed by atoms with Gasteiger partial charge in [0.15, 0.2) is 30.0 Å². The molecule has 0 spiro atoms. The van der Waals surface area contributed by atoms with Gasteiger partial charge >= 0.3 is 15.4 Å². The van der Waals surface area contributed by atoms with Crippen LogP contribution in [0.4, 0.5) is 0 Å². The quantitative estimate of drug-likeness (QED) is 0.260. The maximum atomic E-state index is 9.11. The van der Waals surface area contributed by atoms with E-state index in [-0.39, 0.29) is 0 Å². The molecule has 5 aromatic rings. The fraction of sp³-hybridized carbons (Fsp3) is 0.0769. The summed E-state index contributed by atoms with van der Waals surface area (Å²) in [6, 6.07) is 27.6. The molecule has 2 heterocycles. The Morgan fingerprint density at radius 1 is 0.686 bits per heavy atom. The van der Waals surface area contributed by atoms with Gasteiger partial charge in [-0.3, -0.25) is 0 Å². The molecule has 0 atom stereocenters. The first-order valence-electron chi connectivity index (χ1n) is 11.2. The number of imidazole rings is 1. The highest BCUT2D eigenvalue weighted by atomic mass is 16.5. The molecule has 3 aromatic carbocycles. The molecule has 2 radical (unpaired) electrons. The first kappa shape index (κ1) is 22.7. The van der Waals surface area contributed by atoms with Crippen LogP contribution in [0, 0.1) is 0 Å². The summed E-state index contributed by atoms with van der Waals surface area (Å²) in [5.74, 6) is 1.23. The zero-order valence-corrected chi connectivity index (χ0v) is 18.9. The summed E-state index contributed by atoms with van der Waals surface area (Å²) in [6.07, 6.45) is 6.12. The van der Waals surface area contributed by atoms with Crippen LogP contribution < -0.4 is 18.4 Å². The Morgan fingerprint density at radius 3 is 1.91 bits per heavy atom. The van der Waals surface area contributed by atoms with Gasteiger partial charge in [-0.1, -0.05) is 42.5 Å². The molecule has 0 aliphatic carbocycles. The van der Waals surface area contributed by atoms with Gasteiger partial charge in [0, 0.05) is 17.7 Å². The Bertz CT molecular complexity index is 1440. The van der Waals surface area contributed by atoms with Crippen LogP contribution in [0.25, 0.3) is 16.7 Å². The van der Waals surface area contributed by atoms with Crippen LogP contribution in [0.15, 0.2) is 104 Å². The molecule has 2 aromatic heterocycles. The number of hydrogen-bond acceptors (Lipinski definition) is 4. The van der Waals surface area contributed by atoms with Gasteiger partial charge in [0.25, 0.3) is 0 Å². The summed E-state index contributed by atoms with van der Waals surface area (Å²) >= 11 is 0. The molecule has 0 aliphatic heterocycles. The molecule has 0 saturated heterocycles. The van der Waals surface area contributed by atoms with Gasteiger partial charge in [-0.05, 0) is 30.3 Å². The molecule has 0 fully saturated rings. The van der Waals surface area contributed by atoms with Crippen LogP contribution in [-0.4, -0.2) is 30.0 Å². The summed E-state index contributed by atoms with van der Waals surface area (Å²) in [7, 11) is 1.41. The minimum Gasteiger partial charge on any atom is -0.537 e. The van der Waals surface area contributed by atoms with Crippen molar-refractivity contribution >= 4 is 26.4 Å². The smallest absolute Gasteiger partial charge is 0.537 e. The number of nitrogens with zero attached hydrogens (tertiary/aromatic N) is 3. The van der Waals surface area contributed by atoms with Gasteiger partial charge in [0.1, 0.15) is 23.7 Å². The van der Waals surface area contributed by atoms with E-state index in [1.54, 1.807) is 0 Å². The fourth-order valence-electron chi connectivity index (χ4n) is 4.21. The zero-order chi connectivity index (χ0) is 24.0. The number of pyridine rings is 1. The van der Waals surface area contributed by atoms with Crippen molar-refractivity contribution in [1.29, 1.82) is 0 Å². The molecule has 9 heteroatoms. The predicted octanol–water partition coefficient (Wildman–Crippen LogP) is 2.11. The van der Waals surface area contributed by atoms with Crippen molar-refractivity contribution < 1.29 is 28.5 Å². The standard InChI is InChI=1S/C26H23B2N3O4/c32-27-34-25-11-5-1-7-20(25)17-29-15-13-22(14-16-29)31-19-30(23-9-3-4-10-24(23)31)18-21-8-2-6-12-26(21)35-28-33/h1-16,19,32-33H,17-18H2/q+2. The van der Waals surface area contributed by atoms with Gasteiger partial charge in [-0.2, -0.15) is 4.57 Å². The van der Waals surface area contributed by atoms with E-state index < -0.39 is 0 Å². The highest BCUT2D eigenvalue weighted by Gasteiger charge is 2.19. The highest BCUT2D eigenvalue weighted by Crippen LogP contribution is 2.21. The van der Waals surface area contributed by atoms with E-state index in [1.165, 1.54) is 0 Å². The van der Waals surface area contributed by atoms with Crippen molar-refractivity contribution in [3.8, 4) is 17.2 Å². The Kier molecular flexibility index (Phi) is 6.79. The van der Waals surface area contributed by atoms with Crippen molar-refractivity contribution in [2.45, 2.75) is 13.1 Å². The van der Waals surface area contributed by atoms with Gasteiger partial charge in [0.2, 0.25) is 6.33 Å². The van der Waals surface area contributed by atoms with Gasteiger partial charge < -0.3 is 19.4 Å². The fourth-order valence-corrected chi connectivity index (χ4v) is 4.21. The molecule has 0 bridgehead atoms. The maximum Gasteiger partial charge on any atom is 0.569 e. The van der Waals surface area contributed by atoms with E-state index in [4.69, 9.17) is 19.4 Å². The molecular weight excluding hydrogens is 440 g/mol. The third-order valence-corrected chi connectivity index (χ3v) is 5.86. The Morgan fingerprint density at radius 2 is 1.26 bits per heavy atom. The molecule has 7 nitrogen and oxygen atoms in total. The number of rotatable bonds is 9. The summed E-state index contributed by atoms with van der Waals surface area (Å²) in [5.41, 5.74) is 5.10. The molecule has 0 unspecified atom stereocenters. The second-order valence-electron chi connectivity index (χ2n) is 7.99. The number of para-hydroxylation sites is 4. The lowest BCUT2D eigenvalue weighted by molar-refractivity contribution is -0.688. The largest absolute Gasteiger partial charge is 0.569 e. The topological polar surface area (TPSA) is 71.6 Å². The molecule has 170 valence electrons. The third-order valence-electron chi connectivity index (χ3n) is 5.86. The van der Waals surface area contributed by atoms with Crippen LogP contribution in [0.3, 0.4) is 0 Å². The van der Waals surface area contributed by atoms with E-state index in [1.807, 2.05) is 73.1 Å². The van der Waals surface area contributed by atoms with Gasteiger partial charge in [-0.25, -0.2) is 9.13 Å². The van der Waals surface area contributed by atoms with E-state index in [0.29, 0.717) is 40.0 Å². The molecule has 35 heavy (non-hydrogen) atoms. The van der Waals surface area contributed by atoms with E-state index in [0.717, 1.165) is 27.8 Å². The van der Waals surface area contributed by atoms with Crippen molar-refractivity contribution in [3.05, 3.63) is 115 Å². The average molecular weight is 463 g/mol. The molecule has 0 saturated carbocycles. The predicted molar refractivity (Wildman–Crippen MR) is 132 cm³/mol. The highest BCUT2D eigenvalue weighted by molar-refractivity contribution is 6.17. The molecule has 0 amide bonds. The first-order chi connectivity index (χ1) is 17.3.